The normalized spacial score (nSPS) is 12.1. The van der Waals surface area contributed by atoms with Gasteiger partial charge in [-0.15, -0.1) is 0 Å². The highest BCUT2D eigenvalue weighted by atomic mass is 19.4. The molecule has 4 nitrogen and oxygen atoms in total. The average Bonchev–Trinajstić information content (AvgIpc) is 2.56. The van der Waals surface area contributed by atoms with Gasteiger partial charge in [0.2, 0.25) is 5.78 Å². The van der Waals surface area contributed by atoms with E-state index in [2.05, 4.69) is 5.32 Å². The molecule has 0 saturated carbocycles. The number of carbonyl (C=O) groups is 2. The summed E-state index contributed by atoms with van der Waals surface area (Å²) in [6, 6.07) is 13.6. The number of amides is 1. The number of carbonyl (C=O) groups excluding carboxylic acids is 2. The first-order chi connectivity index (χ1) is 11.3. The molecule has 122 valence electrons. The van der Waals surface area contributed by atoms with E-state index < -0.39 is 29.3 Å². The maximum Gasteiger partial charge on any atom is 0.416 e. The minimum Gasteiger partial charge on any atom is -0.319 e. The fraction of sp³-hybridized carbons (Fsp3) is 0.118. The van der Waals surface area contributed by atoms with Gasteiger partial charge in [-0.3, -0.25) is 9.59 Å². The zero-order valence-corrected chi connectivity index (χ0v) is 12.2. The molecule has 0 heterocycles. The van der Waals surface area contributed by atoms with Crippen molar-refractivity contribution in [3.05, 3.63) is 65.7 Å². The smallest absolute Gasteiger partial charge is 0.319 e. The second kappa shape index (κ2) is 6.96. The Kier molecular flexibility index (Phi) is 4.99. The fourth-order valence-corrected chi connectivity index (χ4v) is 2.03. The molecule has 24 heavy (non-hydrogen) atoms. The summed E-state index contributed by atoms with van der Waals surface area (Å²) < 4.78 is 37.9. The molecule has 0 aromatic heterocycles. The number of rotatable bonds is 4. The maximum absolute atomic E-state index is 12.6. The molecule has 0 aliphatic carbocycles. The first-order valence-electron chi connectivity index (χ1n) is 6.80. The molecule has 0 spiro atoms. The van der Waals surface area contributed by atoms with Crippen LogP contribution in [0.25, 0.3) is 0 Å². The lowest BCUT2D eigenvalue weighted by Crippen LogP contribution is -2.27. The summed E-state index contributed by atoms with van der Waals surface area (Å²) in [6.07, 6.45) is -4.57. The van der Waals surface area contributed by atoms with Crippen molar-refractivity contribution in [3.8, 4) is 6.07 Å². The monoisotopic (exact) mass is 332 g/mol. The number of nitrogens with zero attached hydrogens (tertiary/aromatic N) is 1. The Labute approximate surface area is 135 Å². The van der Waals surface area contributed by atoms with Gasteiger partial charge in [-0.25, -0.2) is 0 Å². The van der Waals surface area contributed by atoms with Gasteiger partial charge >= 0.3 is 6.18 Å². The van der Waals surface area contributed by atoms with Crippen LogP contribution in [0.15, 0.2) is 54.6 Å². The lowest BCUT2D eigenvalue weighted by atomic mass is 9.95. The third kappa shape index (κ3) is 3.98. The quantitative estimate of drug-likeness (QED) is 0.871. The van der Waals surface area contributed by atoms with Crippen LogP contribution >= 0.6 is 0 Å². The van der Waals surface area contributed by atoms with E-state index in [-0.39, 0.29) is 5.69 Å². The van der Waals surface area contributed by atoms with Crippen molar-refractivity contribution in [2.45, 2.75) is 12.1 Å². The number of nitrogens with one attached hydrogen (secondary N) is 1. The summed E-state index contributed by atoms with van der Waals surface area (Å²) in [5, 5.41) is 11.2. The van der Waals surface area contributed by atoms with Gasteiger partial charge in [0.1, 0.15) is 5.92 Å². The van der Waals surface area contributed by atoms with Crippen LogP contribution in [-0.4, -0.2) is 11.7 Å². The van der Waals surface area contributed by atoms with E-state index in [1.54, 1.807) is 24.3 Å². The number of anilines is 1. The lowest BCUT2D eigenvalue weighted by Gasteiger charge is -2.11. The van der Waals surface area contributed by atoms with Crippen LogP contribution in [-0.2, 0) is 15.8 Å². The number of Topliss-reactive ketones (excluding diaryl/α,β-unsaturated/α-hetero) is 1. The zero-order valence-electron chi connectivity index (χ0n) is 12.2. The predicted molar refractivity (Wildman–Crippen MR) is 79.9 cm³/mol. The first-order valence-corrected chi connectivity index (χ1v) is 6.80. The summed E-state index contributed by atoms with van der Waals surface area (Å²) in [5.74, 6) is -3.51. The van der Waals surface area contributed by atoms with E-state index in [4.69, 9.17) is 5.26 Å². The number of nitriles is 1. The molecule has 0 saturated heterocycles. The Bertz CT molecular complexity index is 795. The van der Waals surface area contributed by atoms with Crippen LogP contribution < -0.4 is 5.32 Å². The topological polar surface area (TPSA) is 70.0 Å². The highest BCUT2D eigenvalue weighted by Crippen LogP contribution is 2.30. The molecule has 0 aliphatic rings. The van der Waals surface area contributed by atoms with Gasteiger partial charge in [-0.2, -0.15) is 18.4 Å². The summed E-state index contributed by atoms with van der Waals surface area (Å²) in [5.41, 5.74) is -0.787. The minimum atomic E-state index is -4.57. The van der Waals surface area contributed by atoms with Gasteiger partial charge in [0, 0.05) is 5.69 Å². The summed E-state index contributed by atoms with van der Waals surface area (Å²) in [6.45, 7) is 0. The molecule has 2 rings (SSSR count). The molecule has 0 bridgehead atoms. The lowest BCUT2D eigenvalue weighted by molar-refractivity contribution is -0.137. The Hall–Kier alpha value is -3.14. The van der Waals surface area contributed by atoms with Gasteiger partial charge in [0.05, 0.1) is 11.6 Å². The summed E-state index contributed by atoms with van der Waals surface area (Å²) in [4.78, 5) is 24.1. The molecule has 1 atom stereocenters. The molecule has 0 fully saturated rings. The molecule has 2 aromatic rings. The number of hydrogen-bond acceptors (Lipinski definition) is 3. The third-order valence-corrected chi connectivity index (χ3v) is 3.20. The highest BCUT2D eigenvalue weighted by molar-refractivity contribution is 6.43. The molecular weight excluding hydrogens is 321 g/mol. The van der Waals surface area contributed by atoms with Crippen molar-refractivity contribution in [3.63, 3.8) is 0 Å². The number of halogens is 3. The van der Waals surface area contributed by atoms with E-state index in [1.165, 1.54) is 18.2 Å². The van der Waals surface area contributed by atoms with E-state index in [0.29, 0.717) is 5.56 Å². The van der Waals surface area contributed by atoms with Crippen LogP contribution in [0.5, 0.6) is 0 Å². The predicted octanol–water partition coefficient (Wildman–Crippen LogP) is 3.52. The second-order valence-corrected chi connectivity index (χ2v) is 4.87. The van der Waals surface area contributed by atoms with E-state index in [0.717, 1.165) is 18.2 Å². The molecule has 1 unspecified atom stereocenters. The largest absolute Gasteiger partial charge is 0.416 e. The van der Waals surface area contributed by atoms with Crippen LogP contribution in [0.2, 0.25) is 0 Å². The van der Waals surface area contributed by atoms with Crippen molar-refractivity contribution in [1.82, 2.24) is 0 Å². The number of ketones is 1. The molecule has 1 amide bonds. The molecule has 1 N–H and O–H groups in total. The molecule has 2 aromatic carbocycles. The fourth-order valence-electron chi connectivity index (χ4n) is 2.03. The van der Waals surface area contributed by atoms with Gasteiger partial charge in [0.25, 0.3) is 5.91 Å². The number of alkyl halides is 3. The summed E-state index contributed by atoms with van der Waals surface area (Å²) >= 11 is 0. The maximum atomic E-state index is 12.6. The standard InChI is InChI=1S/C17H11F3N2O2/c18-17(19,20)12-7-4-8-13(9-12)22-16(24)15(23)14(10-21)11-5-2-1-3-6-11/h1-9,14H,(H,22,24). The van der Waals surface area contributed by atoms with Crippen molar-refractivity contribution in [1.29, 1.82) is 5.26 Å². The Morgan fingerprint density at radius 2 is 1.71 bits per heavy atom. The Morgan fingerprint density at radius 3 is 2.29 bits per heavy atom. The van der Waals surface area contributed by atoms with Crippen molar-refractivity contribution in [2.75, 3.05) is 5.32 Å². The number of hydrogen-bond donors (Lipinski definition) is 1. The van der Waals surface area contributed by atoms with Crippen molar-refractivity contribution in [2.24, 2.45) is 0 Å². The zero-order chi connectivity index (χ0) is 17.7. The van der Waals surface area contributed by atoms with E-state index in [9.17, 15) is 22.8 Å². The Balaban J connectivity index is 2.18. The third-order valence-electron chi connectivity index (χ3n) is 3.20. The van der Waals surface area contributed by atoms with Gasteiger partial charge < -0.3 is 5.32 Å². The van der Waals surface area contributed by atoms with Crippen LogP contribution in [0, 0.1) is 11.3 Å². The first kappa shape index (κ1) is 17.2. The SMILES string of the molecule is N#CC(C(=O)C(=O)Nc1cccc(C(F)(F)F)c1)c1ccccc1. The van der Waals surface area contributed by atoms with Crippen LogP contribution in [0.1, 0.15) is 17.0 Å². The molecule has 0 aliphatic heterocycles. The van der Waals surface area contributed by atoms with E-state index >= 15 is 0 Å². The van der Waals surface area contributed by atoms with Gasteiger partial charge in [-0.05, 0) is 23.8 Å². The van der Waals surface area contributed by atoms with E-state index in [1.807, 2.05) is 0 Å². The highest BCUT2D eigenvalue weighted by Gasteiger charge is 2.31. The van der Waals surface area contributed by atoms with Crippen molar-refractivity contribution < 1.29 is 22.8 Å². The minimum absolute atomic E-state index is 0.173. The Morgan fingerprint density at radius 1 is 1.04 bits per heavy atom. The second-order valence-electron chi connectivity index (χ2n) is 4.87. The average molecular weight is 332 g/mol. The molecule has 7 heteroatoms. The van der Waals surface area contributed by atoms with Crippen LogP contribution in [0.3, 0.4) is 0 Å². The summed E-state index contributed by atoms with van der Waals surface area (Å²) in [7, 11) is 0. The molecule has 0 radical (unpaired) electrons. The number of benzene rings is 2. The molecular formula is C17H11F3N2O2. The van der Waals surface area contributed by atoms with Gasteiger partial charge in [0.15, 0.2) is 0 Å². The van der Waals surface area contributed by atoms with Crippen molar-refractivity contribution >= 4 is 17.4 Å². The van der Waals surface area contributed by atoms with Crippen LogP contribution in [0.4, 0.5) is 18.9 Å². The van der Waals surface area contributed by atoms with Gasteiger partial charge in [-0.1, -0.05) is 36.4 Å².